The van der Waals surface area contributed by atoms with Crippen LogP contribution in [0.5, 0.6) is 0 Å². The van der Waals surface area contributed by atoms with Crippen molar-refractivity contribution in [2.24, 2.45) is 0 Å². The topological polar surface area (TPSA) is 79.3 Å². The lowest BCUT2D eigenvalue weighted by atomic mass is 10.1. The Morgan fingerprint density at radius 2 is 1.81 bits per heavy atom. The van der Waals surface area contributed by atoms with E-state index in [2.05, 4.69) is 10.3 Å². The molecule has 0 aliphatic rings. The Morgan fingerprint density at radius 1 is 1.15 bits per heavy atom. The molecule has 2 N–H and O–H groups in total. The average molecular weight is 405 g/mol. The molecule has 0 fully saturated rings. The molecule has 1 aromatic heterocycles. The number of thiazole rings is 1. The van der Waals surface area contributed by atoms with Gasteiger partial charge in [0.1, 0.15) is 10.8 Å². The normalized spacial score (nSPS) is 11.8. The van der Waals surface area contributed by atoms with Crippen LogP contribution < -0.4 is 5.32 Å². The Labute approximate surface area is 163 Å². The highest BCUT2D eigenvalue weighted by atomic mass is 35.5. The van der Waals surface area contributed by atoms with E-state index >= 15 is 0 Å². The minimum atomic E-state index is -1.18. The standard InChI is InChI=1S/C19H14ClFN2O3S/c20-13-5-1-11(2-6-13)17(19(25)26)23-16(24)9-15-10-27-18(22-15)12-3-7-14(21)8-4-12/h1-8,10,17H,9H2,(H,23,24)(H,25,26). The summed E-state index contributed by atoms with van der Waals surface area (Å²) in [7, 11) is 0. The fourth-order valence-corrected chi connectivity index (χ4v) is 3.38. The van der Waals surface area contributed by atoms with Crippen molar-refractivity contribution >= 4 is 34.8 Å². The zero-order valence-corrected chi connectivity index (χ0v) is 15.4. The number of nitrogens with one attached hydrogen (secondary N) is 1. The van der Waals surface area contributed by atoms with Gasteiger partial charge in [0.2, 0.25) is 5.91 Å². The van der Waals surface area contributed by atoms with Crippen molar-refractivity contribution in [1.29, 1.82) is 0 Å². The average Bonchev–Trinajstić information content (AvgIpc) is 3.09. The summed E-state index contributed by atoms with van der Waals surface area (Å²) in [5, 5.41) is 14.7. The predicted molar refractivity (Wildman–Crippen MR) is 101 cm³/mol. The van der Waals surface area contributed by atoms with Crippen LogP contribution in [0, 0.1) is 5.82 Å². The molecule has 0 saturated carbocycles. The molecule has 138 valence electrons. The van der Waals surface area contributed by atoms with Gasteiger partial charge < -0.3 is 10.4 Å². The van der Waals surface area contributed by atoms with Gasteiger partial charge in [-0.05, 0) is 42.0 Å². The Hall–Kier alpha value is -2.77. The van der Waals surface area contributed by atoms with E-state index in [0.717, 1.165) is 5.56 Å². The molecule has 0 spiro atoms. The quantitative estimate of drug-likeness (QED) is 0.648. The fourth-order valence-electron chi connectivity index (χ4n) is 2.43. The van der Waals surface area contributed by atoms with Gasteiger partial charge in [0.25, 0.3) is 0 Å². The van der Waals surface area contributed by atoms with Crippen molar-refractivity contribution in [2.75, 3.05) is 0 Å². The van der Waals surface area contributed by atoms with Gasteiger partial charge in [-0.3, -0.25) is 4.79 Å². The maximum atomic E-state index is 13.0. The maximum absolute atomic E-state index is 13.0. The molecular formula is C19H14ClFN2O3S. The number of hydrogen-bond acceptors (Lipinski definition) is 4. The summed E-state index contributed by atoms with van der Waals surface area (Å²) in [5.41, 5.74) is 1.68. The van der Waals surface area contributed by atoms with E-state index in [0.29, 0.717) is 21.3 Å². The van der Waals surface area contributed by atoms with Gasteiger partial charge in [-0.1, -0.05) is 23.7 Å². The van der Waals surface area contributed by atoms with Gasteiger partial charge >= 0.3 is 5.97 Å². The molecule has 1 atom stereocenters. The number of halogens is 2. The monoisotopic (exact) mass is 404 g/mol. The summed E-state index contributed by atoms with van der Waals surface area (Å²) in [6.45, 7) is 0. The molecule has 8 heteroatoms. The lowest BCUT2D eigenvalue weighted by molar-refractivity contribution is -0.142. The third-order valence-corrected chi connectivity index (χ3v) is 4.93. The van der Waals surface area contributed by atoms with Gasteiger partial charge in [0.05, 0.1) is 12.1 Å². The zero-order valence-electron chi connectivity index (χ0n) is 13.9. The molecule has 5 nitrogen and oxygen atoms in total. The van der Waals surface area contributed by atoms with Crippen LogP contribution in [0.25, 0.3) is 10.6 Å². The minimum Gasteiger partial charge on any atom is -0.479 e. The van der Waals surface area contributed by atoms with Crippen LogP contribution >= 0.6 is 22.9 Å². The highest BCUT2D eigenvalue weighted by Gasteiger charge is 2.22. The third kappa shape index (κ3) is 4.90. The summed E-state index contributed by atoms with van der Waals surface area (Å²) in [6.07, 6.45) is -0.0605. The lowest BCUT2D eigenvalue weighted by Crippen LogP contribution is -2.34. The van der Waals surface area contributed by atoms with Gasteiger partial charge in [-0.15, -0.1) is 11.3 Å². The molecule has 27 heavy (non-hydrogen) atoms. The van der Waals surface area contributed by atoms with E-state index in [4.69, 9.17) is 11.6 Å². The van der Waals surface area contributed by atoms with Crippen molar-refractivity contribution < 1.29 is 19.1 Å². The van der Waals surface area contributed by atoms with Crippen LogP contribution in [0.2, 0.25) is 5.02 Å². The van der Waals surface area contributed by atoms with Crippen molar-refractivity contribution in [3.05, 3.63) is 76.0 Å². The van der Waals surface area contributed by atoms with Crippen molar-refractivity contribution in [3.63, 3.8) is 0 Å². The number of carboxylic acid groups (broad SMARTS) is 1. The number of carbonyl (C=O) groups is 2. The van der Waals surface area contributed by atoms with Crippen LogP contribution in [-0.4, -0.2) is 22.0 Å². The Balaban J connectivity index is 1.68. The maximum Gasteiger partial charge on any atom is 0.330 e. The van der Waals surface area contributed by atoms with E-state index < -0.39 is 17.9 Å². The molecular weight excluding hydrogens is 391 g/mol. The molecule has 1 unspecified atom stereocenters. The molecule has 0 radical (unpaired) electrons. The first-order valence-electron chi connectivity index (χ1n) is 7.90. The highest BCUT2D eigenvalue weighted by Crippen LogP contribution is 2.24. The molecule has 0 aliphatic carbocycles. The first kappa shape index (κ1) is 19.0. The number of benzene rings is 2. The first-order valence-corrected chi connectivity index (χ1v) is 9.16. The second-order valence-electron chi connectivity index (χ2n) is 5.72. The zero-order chi connectivity index (χ0) is 19.4. The summed E-state index contributed by atoms with van der Waals surface area (Å²) in [4.78, 5) is 28.1. The second-order valence-corrected chi connectivity index (χ2v) is 7.01. The Morgan fingerprint density at radius 3 is 2.44 bits per heavy atom. The van der Waals surface area contributed by atoms with Gasteiger partial charge in [0, 0.05) is 16.0 Å². The molecule has 3 rings (SSSR count). The highest BCUT2D eigenvalue weighted by molar-refractivity contribution is 7.13. The number of carbonyl (C=O) groups excluding carboxylic acids is 1. The molecule has 0 saturated heterocycles. The Kier molecular flexibility index (Phi) is 5.83. The summed E-state index contributed by atoms with van der Waals surface area (Å²) >= 11 is 7.14. The number of aromatic nitrogens is 1. The van der Waals surface area contributed by atoms with Gasteiger partial charge in [-0.25, -0.2) is 14.2 Å². The van der Waals surface area contributed by atoms with Crippen molar-refractivity contribution in [2.45, 2.75) is 12.5 Å². The molecule has 0 bridgehead atoms. The number of carboxylic acids is 1. The molecule has 2 aromatic carbocycles. The van der Waals surface area contributed by atoms with Crippen LogP contribution in [0.1, 0.15) is 17.3 Å². The SMILES string of the molecule is O=C(Cc1csc(-c2ccc(F)cc2)n1)NC(C(=O)O)c1ccc(Cl)cc1. The number of aliphatic carboxylic acids is 1. The largest absolute Gasteiger partial charge is 0.479 e. The van der Waals surface area contributed by atoms with Gasteiger partial charge in [0.15, 0.2) is 6.04 Å². The van der Waals surface area contributed by atoms with E-state index in [9.17, 15) is 19.1 Å². The number of rotatable bonds is 6. The molecule has 0 aliphatic heterocycles. The lowest BCUT2D eigenvalue weighted by Gasteiger charge is -2.14. The van der Waals surface area contributed by atoms with Crippen LogP contribution in [0.15, 0.2) is 53.9 Å². The van der Waals surface area contributed by atoms with Crippen molar-refractivity contribution in [1.82, 2.24) is 10.3 Å². The van der Waals surface area contributed by atoms with Crippen LogP contribution in [0.4, 0.5) is 4.39 Å². The van der Waals surface area contributed by atoms with E-state index in [1.165, 1.54) is 23.5 Å². The minimum absolute atomic E-state index is 0.0605. The summed E-state index contributed by atoms with van der Waals surface area (Å²) in [5.74, 6) is -1.97. The molecule has 1 amide bonds. The first-order chi connectivity index (χ1) is 12.9. The smallest absolute Gasteiger partial charge is 0.330 e. The van der Waals surface area contributed by atoms with E-state index in [1.54, 1.807) is 41.8 Å². The fraction of sp³-hybridized carbons (Fsp3) is 0.105. The second kappa shape index (κ2) is 8.28. The molecule has 3 aromatic rings. The van der Waals surface area contributed by atoms with E-state index in [1.807, 2.05) is 0 Å². The number of nitrogens with zero attached hydrogens (tertiary/aromatic N) is 1. The van der Waals surface area contributed by atoms with Crippen LogP contribution in [0.3, 0.4) is 0 Å². The molecule has 1 heterocycles. The van der Waals surface area contributed by atoms with Crippen LogP contribution in [-0.2, 0) is 16.0 Å². The van der Waals surface area contributed by atoms with Crippen molar-refractivity contribution in [3.8, 4) is 10.6 Å². The van der Waals surface area contributed by atoms with Gasteiger partial charge in [-0.2, -0.15) is 0 Å². The number of amides is 1. The van der Waals surface area contributed by atoms with E-state index in [-0.39, 0.29) is 12.2 Å². The third-order valence-electron chi connectivity index (χ3n) is 3.74. The number of hydrogen-bond donors (Lipinski definition) is 2. The summed E-state index contributed by atoms with van der Waals surface area (Å²) < 4.78 is 13.0. The predicted octanol–water partition coefficient (Wildman–Crippen LogP) is 4.09. The summed E-state index contributed by atoms with van der Waals surface area (Å²) in [6, 6.07) is 11.0. The Bertz CT molecular complexity index is 958.